The molecular formula is C15H22N4O. The van der Waals surface area contributed by atoms with Crippen molar-refractivity contribution >= 4 is 22.5 Å². The van der Waals surface area contributed by atoms with Gasteiger partial charge in [0.2, 0.25) is 0 Å². The Bertz CT molecular complexity index is 603. The summed E-state index contributed by atoms with van der Waals surface area (Å²) in [6, 6.07) is 7.86. The van der Waals surface area contributed by atoms with Crippen LogP contribution in [-0.2, 0) is 0 Å². The van der Waals surface area contributed by atoms with Crippen LogP contribution in [0.5, 0.6) is 0 Å². The van der Waals surface area contributed by atoms with Crippen molar-refractivity contribution in [1.29, 1.82) is 0 Å². The largest absolute Gasteiger partial charge is 0.399 e. The Balaban J connectivity index is 1.97. The molecule has 0 saturated heterocycles. The third kappa shape index (κ3) is 3.30. The van der Waals surface area contributed by atoms with Gasteiger partial charge in [-0.3, -0.25) is 4.79 Å². The zero-order valence-corrected chi connectivity index (χ0v) is 12.2. The van der Waals surface area contributed by atoms with Gasteiger partial charge in [-0.25, -0.2) is 0 Å². The minimum atomic E-state index is -0.0862. The van der Waals surface area contributed by atoms with Crippen LogP contribution < -0.4 is 11.1 Å². The number of nitrogens with two attached hydrogens (primary N) is 1. The summed E-state index contributed by atoms with van der Waals surface area (Å²) >= 11 is 0. The van der Waals surface area contributed by atoms with E-state index in [2.05, 4.69) is 29.0 Å². The number of H-pyrrole nitrogens is 1. The van der Waals surface area contributed by atoms with E-state index in [1.165, 1.54) is 0 Å². The van der Waals surface area contributed by atoms with E-state index in [4.69, 9.17) is 5.73 Å². The normalized spacial score (nSPS) is 11.4. The molecule has 0 aliphatic heterocycles. The van der Waals surface area contributed by atoms with E-state index in [9.17, 15) is 4.79 Å². The molecule has 0 aliphatic carbocycles. The molecule has 4 N–H and O–H groups in total. The molecule has 1 aromatic heterocycles. The van der Waals surface area contributed by atoms with Crippen LogP contribution in [0.4, 0.5) is 5.69 Å². The van der Waals surface area contributed by atoms with Gasteiger partial charge in [0.25, 0.3) is 5.91 Å². The Morgan fingerprint density at radius 3 is 2.85 bits per heavy atom. The Hall–Kier alpha value is -2.01. The zero-order valence-electron chi connectivity index (χ0n) is 12.2. The highest BCUT2D eigenvalue weighted by molar-refractivity contribution is 5.98. The van der Waals surface area contributed by atoms with Crippen LogP contribution in [-0.4, -0.2) is 42.0 Å². The van der Waals surface area contributed by atoms with Crippen LogP contribution >= 0.6 is 0 Å². The highest BCUT2D eigenvalue weighted by Crippen LogP contribution is 2.18. The molecule has 20 heavy (non-hydrogen) atoms. The maximum Gasteiger partial charge on any atom is 0.267 e. The van der Waals surface area contributed by atoms with Gasteiger partial charge in [-0.15, -0.1) is 0 Å². The number of hydrogen-bond donors (Lipinski definition) is 3. The van der Waals surface area contributed by atoms with Crippen LogP contribution in [0.3, 0.4) is 0 Å². The lowest BCUT2D eigenvalue weighted by molar-refractivity contribution is 0.0944. The molecule has 1 amide bonds. The van der Waals surface area contributed by atoms with Gasteiger partial charge in [-0.1, -0.05) is 0 Å². The molecule has 0 unspecified atom stereocenters. The first-order chi connectivity index (χ1) is 9.47. The van der Waals surface area contributed by atoms with Crippen molar-refractivity contribution in [2.45, 2.75) is 19.9 Å². The van der Waals surface area contributed by atoms with Crippen molar-refractivity contribution < 1.29 is 4.79 Å². The number of amides is 1. The first kappa shape index (κ1) is 14.4. The summed E-state index contributed by atoms with van der Waals surface area (Å²) in [5, 5.41) is 3.87. The molecule has 1 aromatic carbocycles. The van der Waals surface area contributed by atoms with Crippen LogP contribution in [0.15, 0.2) is 24.3 Å². The molecular weight excluding hydrogens is 252 g/mol. The molecule has 2 rings (SSSR count). The molecule has 0 spiro atoms. The molecule has 0 bridgehead atoms. The minimum absolute atomic E-state index is 0.0862. The van der Waals surface area contributed by atoms with Crippen LogP contribution in [0.25, 0.3) is 10.9 Å². The monoisotopic (exact) mass is 274 g/mol. The van der Waals surface area contributed by atoms with Gasteiger partial charge in [0.1, 0.15) is 5.69 Å². The topological polar surface area (TPSA) is 74.2 Å². The highest BCUT2D eigenvalue weighted by atomic mass is 16.1. The van der Waals surface area contributed by atoms with Gasteiger partial charge in [0.05, 0.1) is 0 Å². The number of nitrogens with one attached hydrogen (secondary N) is 2. The van der Waals surface area contributed by atoms with Gasteiger partial charge in [-0.05, 0) is 45.2 Å². The summed E-state index contributed by atoms with van der Waals surface area (Å²) in [7, 11) is 2.04. The van der Waals surface area contributed by atoms with E-state index in [-0.39, 0.29) is 5.91 Å². The number of benzene rings is 1. The van der Waals surface area contributed by atoms with Crippen molar-refractivity contribution in [1.82, 2.24) is 15.2 Å². The maximum atomic E-state index is 12.1. The molecule has 0 saturated carbocycles. The van der Waals surface area contributed by atoms with Crippen LogP contribution in [0.2, 0.25) is 0 Å². The number of anilines is 1. The fourth-order valence-electron chi connectivity index (χ4n) is 1.97. The highest BCUT2D eigenvalue weighted by Gasteiger charge is 2.10. The fourth-order valence-corrected chi connectivity index (χ4v) is 1.97. The first-order valence-corrected chi connectivity index (χ1v) is 6.84. The third-order valence-corrected chi connectivity index (χ3v) is 3.52. The average molecular weight is 274 g/mol. The van der Waals surface area contributed by atoms with E-state index in [0.29, 0.717) is 24.0 Å². The second-order valence-electron chi connectivity index (χ2n) is 5.36. The molecule has 0 radical (unpaired) electrons. The van der Waals surface area contributed by atoms with Crippen molar-refractivity contribution in [2.75, 3.05) is 25.9 Å². The summed E-state index contributed by atoms with van der Waals surface area (Å²) in [6.07, 6.45) is 0. The maximum absolute atomic E-state index is 12.1. The standard InChI is InChI=1S/C15H22N4O/c1-10(2)19(3)7-6-17-15(20)14-9-11-8-12(16)4-5-13(11)18-14/h4-5,8-10,18H,6-7,16H2,1-3H3,(H,17,20). The quantitative estimate of drug-likeness (QED) is 0.728. The van der Waals surface area contributed by atoms with Gasteiger partial charge < -0.3 is 20.9 Å². The lowest BCUT2D eigenvalue weighted by atomic mass is 10.2. The third-order valence-electron chi connectivity index (χ3n) is 3.52. The summed E-state index contributed by atoms with van der Waals surface area (Å²) in [5.74, 6) is -0.0862. The van der Waals surface area contributed by atoms with Gasteiger partial charge in [0, 0.05) is 35.7 Å². The predicted molar refractivity (Wildman–Crippen MR) is 82.8 cm³/mol. The van der Waals surface area contributed by atoms with Gasteiger partial charge in [0.15, 0.2) is 0 Å². The molecule has 0 fully saturated rings. The van der Waals surface area contributed by atoms with Crippen molar-refractivity contribution in [2.24, 2.45) is 0 Å². The van der Waals surface area contributed by atoms with E-state index in [1.54, 1.807) is 0 Å². The molecule has 108 valence electrons. The van der Waals surface area contributed by atoms with Crippen molar-refractivity contribution in [3.63, 3.8) is 0 Å². The van der Waals surface area contributed by atoms with Gasteiger partial charge in [-0.2, -0.15) is 0 Å². The fraction of sp³-hybridized carbons (Fsp3) is 0.400. The van der Waals surface area contributed by atoms with Crippen LogP contribution in [0.1, 0.15) is 24.3 Å². The summed E-state index contributed by atoms with van der Waals surface area (Å²) in [4.78, 5) is 17.3. The average Bonchev–Trinajstić information content (AvgIpc) is 2.81. The predicted octanol–water partition coefficient (Wildman–Crippen LogP) is 1.82. The zero-order chi connectivity index (χ0) is 14.7. The number of nitrogens with zero attached hydrogens (tertiary/aromatic N) is 1. The second kappa shape index (κ2) is 5.96. The lowest BCUT2D eigenvalue weighted by Gasteiger charge is -2.20. The minimum Gasteiger partial charge on any atom is -0.399 e. The second-order valence-corrected chi connectivity index (χ2v) is 5.36. The lowest BCUT2D eigenvalue weighted by Crippen LogP contribution is -2.36. The number of hydrogen-bond acceptors (Lipinski definition) is 3. The molecule has 0 atom stereocenters. The SMILES string of the molecule is CC(C)N(C)CCNC(=O)c1cc2cc(N)ccc2[nH]1. The molecule has 1 heterocycles. The number of carbonyl (C=O) groups is 1. The number of fused-ring (bicyclic) bond motifs is 1. The number of aromatic amines is 1. The molecule has 5 nitrogen and oxygen atoms in total. The number of nitrogen functional groups attached to an aromatic ring is 1. The number of rotatable bonds is 5. The Kier molecular flexibility index (Phi) is 4.29. The Morgan fingerprint density at radius 2 is 2.15 bits per heavy atom. The molecule has 5 heteroatoms. The number of carbonyl (C=O) groups excluding carboxylic acids is 1. The van der Waals surface area contributed by atoms with Crippen LogP contribution in [0, 0.1) is 0 Å². The Morgan fingerprint density at radius 1 is 1.40 bits per heavy atom. The van der Waals surface area contributed by atoms with E-state index < -0.39 is 0 Å². The van der Waals surface area contributed by atoms with Gasteiger partial charge >= 0.3 is 0 Å². The first-order valence-electron chi connectivity index (χ1n) is 6.84. The Labute approximate surface area is 119 Å². The van der Waals surface area contributed by atoms with Crippen molar-refractivity contribution in [3.8, 4) is 0 Å². The van der Waals surface area contributed by atoms with Crippen molar-refractivity contribution in [3.05, 3.63) is 30.0 Å². The number of aromatic nitrogens is 1. The molecule has 2 aromatic rings. The smallest absolute Gasteiger partial charge is 0.267 e. The molecule has 0 aliphatic rings. The van der Waals surface area contributed by atoms with E-state index in [0.717, 1.165) is 17.4 Å². The number of likely N-dealkylation sites (N-methyl/N-ethyl adjacent to an activating group) is 1. The van der Waals surface area contributed by atoms with E-state index >= 15 is 0 Å². The summed E-state index contributed by atoms with van der Waals surface area (Å²) < 4.78 is 0. The summed E-state index contributed by atoms with van der Waals surface area (Å²) in [5.41, 5.74) is 7.91. The van der Waals surface area contributed by atoms with E-state index in [1.807, 2.05) is 31.3 Å². The summed E-state index contributed by atoms with van der Waals surface area (Å²) in [6.45, 7) is 5.72.